The van der Waals surface area contributed by atoms with Gasteiger partial charge < -0.3 is 14.5 Å². The van der Waals surface area contributed by atoms with Gasteiger partial charge in [0.1, 0.15) is 11.6 Å². The summed E-state index contributed by atoms with van der Waals surface area (Å²) < 4.78 is 20.2. The first kappa shape index (κ1) is 38.1. The van der Waals surface area contributed by atoms with Crippen molar-refractivity contribution in [2.75, 3.05) is 0 Å². The van der Waals surface area contributed by atoms with E-state index < -0.39 is 0 Å². The largest absolute Gasteiger partial charge is 0.512 e. The third-order valence-corrected chi connectivity index (χ3v) is 10.1. The molecule has 2 aromatic heterocycles. The molecule has 0 spiro atoms. The van der Waals surface area contributed by atoms with Crippen molar-refractivity contribution >= 4 is 38.3 Å². The standard InChI is InChI=1S/C26H21FNO.C15H28O2.Ir/c1-15-12-21-22(26(2,3)4)13-16(14-24(21)29-15)25-20-9-8-19-17(6-5-7-23(19)27)18(20)10-11-28-25;1-7-14(5,8-2)12(16)11-13(17)15(6,9-3)10-4;/h5-13H,1-4H3;11,16H,7-10H2,1-6H3;/q-1;;/b;12-11-;. The number of furan rings is 1. The summed E-state index contributed by atoms with van der Waals surface area (Å²) in [4.78, 5) is 16.9. The van der Waals surface area contributed by atoms with Crippen molar-refractivity contribution in [2.45, 2.75) is 100 Å². The Balaban J connectivity index is 0.000000290. The van der Waals surface area contributed by atoms with E-state index in [4.69, 9.17) is 4.42 Å². The third-order valence-electron chi connectivity index (χ3n) is 10.1. The minimum atomic E-state index is -0.337. The second kappa shape index (κ2) is 14.8. The van der Waals surface area contributed by atoms with Gasteiger partial charge in [0.15, 0.2) is 5.78 Å². The Morgan fingerprint density at radius 2 is 1.45 bits per heavy atom. The van der Waals surface area contributed by atoms with E-state index >= 15 is 0 Å². The molecule has 0 saturated heterocycles. The van der Waals surface area contributed by atoms with E-state index in [9.17, 15) is 14.3 Å². The van der Waals surface area contributed by atoms with Crippen LogP contribution in [0.4, 0.5) is 4.39 Å². The normalized spacial score (nSPS) is 12.6. The number of carbonyl (C=O) groups is 1. The van der Waals surface area contributed by atoms with Gasteiger partial charge in [-0.2, -0.15) is 0 Å². The van der Waals surface area contributed by atoms with Crippen LogP contribution in [0, 0.1) is 29.6 Å². The summed E-state index contributed by atoms with van der Waals surface area (Å²) in [5.74, 6) is 0.942. The monoisotopic (exact) mass is 815 g/mol. The Morgan fingerprint density at radius 1 is 0.851 bits per heavy atom. The topological polar surface area (TPSA) is 63.3 Å². The Hall–Kier alpha value is -3.34. The van der Waals surface area contributed by atoms with E-state index in [1.165, 1.54) is 17.7 Å². The van der Waals surface area contributed by atoms with Crippen LogP contribution in [0.1, 0.15) is 99.3 Å². The van der Waals surface area contributed by atoms with Crippen LogP contribution in [0.15, 0.2) is 71.0 Å². The number of aliphatic hydroxyl groups excluding tert-OH is 1. The van der Waals surface area contributed by atoms with Crippen LogP contribution in [-0.2, 0) is 30.3 Å². The molecule has 2 heterocycles. The van der Waals surface area contributed by atoms with Gasteiger partial charge in [-0.3, -0.25) is 4.79 Å². The minimum absolute atomic E-state index is 0. The summed E-state index contributed by atoms with van der Waals surface area (Å²) in [5.41, 5.74) is 3.00. The van der Waals surface area contributed by atoms with Gasteiger partial charge in [-0.25, -0.2) is 4.39 Å². The zero-order valence-electron chi connectivity index (χ0n) is 29.5. The van der Waals surface area contributed by atoms with Crippen molar-refractivity contribution in [2.24, 2.45) is 10.8 Å². The SMILES string of the molecule is CCC(C)(CC)C(=O)/C=C(\O)C(C)(CC)CC.Cc1cc2c(C(C)(C)C)cc(-c3nccc4c3ccc3c(F)cccc34)[c-]c2o1.[Ir]. The molecule has 0 bridgehead atoms. The van der Waals surface area contributed by atoms with E-state index in [-0.39, 0.29) is 53.7 Å². The number of allylic oxidation sites excluding steroid dienone is 2. The molecule has 1 radical (unpaired) electrons. The summed E-state index contributed by atoms with van der Waals surface area (Å²) in [6.07, 6.45) is 6.54. The summed E-state index contributed by atoms with van der Waals surface area (Å²) in [6.45, 7) is 20.6. The molecule has 47 heavy (non-hydrogen) atoms. The van der Waals surface area contributed by atoms with Crippen LogP contribution < -0.4 is 0 Å². The number of fused-ring (bicyclic) bond motifs is 4. The van der Waals surface area contributed by atoms with E-state index in [1.54, 1.807) is 12.3 Å². The fraction of sp³-hybridized carbons (Fsp3) is 0.415. The summed E-state index contributed by atoms with van der Waals surface area (Å²) in [5, 5.41) is 14.7. The van der Waals surface area contributed by atoms with E-state index in [1.807, 2.05) is 72.7 Å². The number of aliphatic hydroxyl groups is 1. The molecule has 5 aromatic rings. The molecule has 0 atom stereocenters. The molecular weight excluding hydrogens is 766 g/mol. The predicted octanol–water partition coefficient (Wildman–Crippen LogP) is 12.0. The van der Waals surface area contributed by atoms with E-state index in [0.717, 1.165) is 69.8 Å². The molecule has 0 unspecified atom stereocenters. The van der Waals surface area contributed by atoms with Crippen LogP contribution >= 0.6 is 0 Å². The quantitative estimate of drug-likeness (QED) is 0.0733. The molecular formula is C41H49FIrNO3-. The van der Waals surface area contributed by atoms with Crippen molar-refractivity contribution in [3.8, 4) is 11.3 Å². The van der Waals surface area contributed by atoms with Crippen molar-refractivity contribution < 1.29 is 38.8 Å². The molecule has 0 aliphatic carbocycles. The smallest absolute Gasteiger partial charge is 0.164 e. The van der Waals surface area contributed by atoms with E-state index in [0.29, 0.717) is 5.39 Å². The predicted molar refractivity (Wildman–Crippen MR) is 190 cm³/mol. The molecule has 253 valence electrons. The number of pyridine rings is 1. The van der Waals surface area contributed by atoms with Crippen LogP contribution in [0.3, 0.4) is 0 Å². The number of benzene rings is 3. The van der Waals surface area contributed by atoms with Crippen LogP contribution in [-0.4, -0.2) is 15.9 Å². The van der Waals surface area contributed by atoms with Crippen LogP contribution in [0.25, 0.3) is 43.8 Å². The van der Waals surface area contributed by atoms with Crippen LogP contribution in [0.2, 0.25) is 0 Å². The summed E-state index contributed by atoms with van der Waals surface area (Å²) in [6, 6.07) is 18.6. The van der Waals surface area contributed by atoms with Gasteiger partial charge in [0, 0.05) is 48.6 Å². The number of ketones is 1. The zero-order chi connectivity index (χ0) is 34.0. The number of nitrogens with zero attached hydrogens (tertiary/aromatic N) is 1. The maximum absolute atomic E-state index is 14.3. The van der Waals surface area contributed by atoms with Crippen molar-refractivity contribution in [3.63, 3.8) is 0 Å². The Morgan fingerprint density at radius 3 is 2.04 bits per heavy atom. The second-order valence-corrected chi connectivity index (χ2v) is 14.0. The molecule has 1 N–H and O–H groups in total. The van der Waals surface area contributed by atoms with Gasteiger partial charge in [0.05, 0.1) is 11.3 Å². The van der Waals surface area contributed by atoms with Crippen LogP contribution in [0.5, 0.6) is 0 Å². The number of halogens is 1. The van der Waals surface area contributed by atoms with Gasteiger partial charge in [-0.05, 0) is 72.0 Å². The van der Waals surface area contributed by atoms with E-state index in [2.05, 4.69) is 44.0 Å². The second-order valence-electron chi connectivity index (χ2n) is 14.0. The van der Waals surface area contributed by atoms with Crippen molar-refractivity contribution in [1.82, 2.24) is 4.98 Å². The fourth-order valence-corrected chi connectivity index (χ4v) is 5.82. The average molecular weight is 815 g/mol. The van der Waals surface area contributed by atoms with Crippen molar-refractivity contribution in [1.29, 1.82) is 0 Å². The maximum atomic E-state index is 14.3. The molecule has 0 aliphatic heterocycles. The number of rotatable bonds is 8. The molecule has 0 saturated carbocycles. The number of aromatic nitrogens is 1. The fourth-order valence-electron chi connectivity index (χ4n) is 5.82. The zero-order valence-corrected chi connectivity index (χ0v) is 31.9. The van der Waals surface area contributed by atoms with Gasteiger partial charge in [-0.1, -0.05) is 104 Å². The molecule has 0 aliphatic rings. The Labute approximate surface area is 293 Å². The van der Waals surface area contributed by atoms with Gasteiger partial charge >= 0.3 is 0 Å². The number of hydrogen-bond donors (Lipinski definition) is 1. The summed E-state index contributed by atoms with van der Waals surface area (Å²) in [7, 11) is 0. The van der Waals surface area contributed by atoms with Gasteiger partial charge in [0.25, 0.3) is 0 Å². The first-order valence-electron chi connectivity index (χ1n) is 16.5. The van der Waals surface area contributed by atoms with Crippen molar-refractivity contribution in [3.05, 3.63) is 89.8 Å². The number of hydrogen-bond acceptors (Lipinski definition) is 4. The van der Waals surface area contributed by atoms with Gasteiger partial charge in [0.2, 0.25) is 0 Å². The average Bonchev–Trinajstić information content (AvgIpc) is 3.42. The van der Waals surface area contributed by atoms with Gasteiger partial charge in [-0.15, -0.1) is 17.2 Å². The number of carbonyl (C=O) groups excluding carboxylic acids is 1. The first-order valence-corrected chi connectivity index (χ1v) is 16.5. The Kier molecular flexibility index (Phi) is 12.0. The minimum Gasteiger partial charge on any atom is -0.512 e. The Bertz CT molecular complexity index is 1910. The third kappa shape index (κ3) is 7.71. The first-order chi connectivity index (χ1) is 21.6. The molecule has 0 amide bonds. The molecule has 5 rings (SSSR count). The maximum Gasteiger partial charge on any atom is 0.164 e. The number of aryl methyl sites for hydroxylation is 1. The summed E-state index contributed by atoms with van der Waals surface area (Å²) >= 11 is 0. The molecule has 0 fully saturated rings. The molecule has 6 heteroatoms. The molecule has 3 aromatic carbocycles. The molecule has 4 nitrogen and oxygen atoms in total.